The van der Waals surface area contributed by atoms with Crippen molar-refractivity contribution in [3.63, 3.8) is 0 Å². The van der Waals surface area contributed by atoms with Crippen LogP contribution < -0.4 is 15.8 Å². The molecule has 1 fully saturated rings. The van der Waals surface area contributed by atoms with E-state index in [0.29, 0.717) is 6.54 Å². The summed E-state index contributed by atoms with van der Waals surface area (Å²) in [5.41, 5.74) is -0.418. The zero-order valence-electron chi connectivity index (χ0n) is 10.3. The first-order chi connectivity index (χ1) is 7.78. The molecule has 0 aromatic carbocycles. The molecule has 1 aliphatic rings. The van der Waals surface area contributed by atoms with Crippen molar-refractivity contribution in [1.82, 2.24) is 10.6 Å². The predicted molar refractivity (Wildman–Crippen MR) is 65.7 cm³/mol. The minimum atomic E-state index is -3.51. The van der Waals surface area contributed by atoms with Crippen molar-refractivity contribution in [2.45, 2.75) is 20.3 Å². The van der Waals surface area contributed by atoms with Crippen LogP contribution in [0.2, 0.25) is 0 Å². The molecule has 1 heterocycles. The van der Waals surface area contributed by atoms with Crippen molar-refractivity contribution in [2.24, 2.45) is 16.5 Å². The number of primary sulfonamides is 1. The number of sulfonamides is 1. The molecule has 0 aliphatic carbocycles. The fourth-order valence-corrected chi connectivity index (χ4v) is 2.53. The highest BCUT2D eigenvalue weighted by Crippen LogP contribution is 2.34. The molecule has 17 heavy (non-hydrogen) atoms. The highest BCUT2D eigenvalue weighted by atomic mass is 32.2. The van der Waals surface area contributed by atoms with Crippen LogP contribution in [0.4, 0.5) is 0 Å². The maximum Gasteiger partial charge on any atom is 0.227 e. The summed E-state index contributed by atoms with van der Waals surface area (Å²) in [6, 6.07) is 0. The molecule has 6 nitrogen and oxygen atoms in total. The molecule has 1 rings (SSSR count). The Morgan fingerprint density at radius 2 is 2.18 bits per heavy atom. The lowest BCUT2D eigenvalue weighted by Gasteiger charge is -2.31. The van der Waals surface area contributed by atoms with Gasteiger partial charge in [0.25, 0.3) is 0 Å². The van der Waals surface area contributed by atoms with E-state index >= 15 is 0 Å². The fourth-order valence-electron chi connectivity index (χ4n) is 2.14. The van der Waals surface area contributed by atoms with Crippen molar-refractivity contribution >= 4 is 15.9 Å². The molecular weight excluding hydrogens is 242 g/mol. The SMILES string of the molecule is CC(C)C1(C(=O)NCCS(N)(=O)=O)CCNC1. The van der Waals surface area contributed by atoms with Gasteiger partial charge in [-0.3, -0.25) is 4.79 Å². The molecule has 0 aromatic heterocycles. The van der Waals surface area contributed by atoms with Crippen LogP contribution in [0.15, 0.2) is 0 Å². The molecule has 4 N–H and O–H groups in total. The Hall–Kier alpha value is -0.660. The van der Waals surface area contributed by atoms with Gasteiger partial charge in [0.1, 0.15) is 0 Å². The smallest absolute Gasteiger partial charge is 0.227 e. The number of carbonyl (C=O) groups excluding carboxylic acids is 1. The number of nitrogens with one attached hydrogen (secondary N) is 2. The molecule has 0 radical (unpaired) electrons. The molecule has 0 saturated carbocycles. The normalized spacial score (nSPS) is 25.2. The first kappa shape index (κ1) is 14.4. The minimum Gasteiger partial charge on any atom is -0.354 e. The van der Waals surface area contributed by atoms with Crippen LogP contribution in [0.3, 0.4) is 0 Å². The molecule has 1 aliphatic heterocycles. The molecule has 0 spiro atoms. The van der Waals surface area contributed by atoms with E-state index < -0.39 is 15.4 Å². The van der Waals surface area contributed by atoms with E-state index in [1.54, 1.807) is 0 Å². The van der Waals surface area contributed by atoms with Gasteiger partial charge in [0.15, 0.2) is 0 Å². The maximum absolute atomic E-state index is 12.1. The summed E-state index contributed by atoms with van der Waals surface area (Å²) >= 11 is 0. The van der Waals surface area contributed by atoms with Crippen LogP contribution in [-0.4, -0.2) is 39.7 Å². The Bertz CT molecular complexity index is 372. The second-order valence-corrected chi connectivity index (χ2v) is 6.59. The highest BCUT2D eigenvalue weighted by molar-refractivity contribution is 7.89. The van der Waals surface area contributed by atoms with Crippen molar-refractivity contribution in [2.75, 3.05) is 25.4 Å². The molecule has 1 unspecified atom stereocenters. The van der Waals surface area contributed by atoms with Crippen LogP contribution in [0, 0.1) is 11.3 Å². The zero-order chi connectivity index (χ0) is 13.1. The lowest BCUT2D eigenvalue weighted by Crippen LogP contribution is -2.47. The molecule has 100 valence electrons. The van der Waals surface area contributed by atoms with Crippen molar-refractivity contribution in [3.05, 3.63) is 0 Å². The number of hydrogen-bond acceptors (Lipinski definition) is 4. The Labute approximate surface area is 102 Å². The average molecular weight is 263 g/mol. The van der Waals surface area contributed by atoms with Gasteiger partial charge >= 0.3 is 0 Å². The van der Waals surface area contributed by atoms with E-state index in [4.69, 9.17) is 5.14 Å². The predicted octanol–water partition coefficient (Wildman–Crippen LogP) is -0.973. The van der Waals surface area contributed by atoms with E-state index in [0.717, 1.165) is 13.0 Å². The lowest BCUT2D eigenvalue weighted by atomic mass is 9.75. The van der Waals surface area contributed by atoms with E-state index in [1.807, 2.05) is 13.8 Å². The Morgan fingerprint density at radius 1 is 1.53 bits per heavy atom. The summed E-state index contributed by atoms with van der Waals surface area (Å²) in [5.74, 6) is -0.0893. The third-order valence-corrected chi connectivity index (χ3v) is 4.19. The number of rotatable bonds is 5. The number of carbonyl (C=O) groups is 1. The van der Waals surface area contributed by atoms with Crippen LogP contribution in [0.25, 0.3) is 0 Å². The maximum atomic E-state index is 12.1. The lowest BCUT2D eigenvalue weighted by molar-refractivity contribution is -0.132. The van der Waals surface area contributed by atoms with Crippen molar-refractivity contribution in [3.8, 4) is 0 Å². The number of hydrogen-bond donors (Lipinski definition) is 3. The van der Waals surface area contributed by atoms with E-state index in [-0.39, 0.29) is 24.1 Å². The molecule has 7 heteroatoms. The summed E-state index contributed by atoms with van der Waals surface area (Å²) in [4.78, 5) is 12.1. The second-order valence-electron chi connectivity index (χ2n) is 4.86. The Morgan fingerprint density at radius 3 is 2.59 bits per heavy atom. The summed E-state index contributed by atoms with van der Waals surface area (Å²) < 4.78 is 21.5. The molecule has 0 aromatic rings. The first-order valence-electron chi connectivity index (χ1n) is 5.77. The van der Waals surface area contributed by atoms with Gasteiger partial charge in [-0.05, 0) is 18.9 Å². The summed E-state index contributed by atoms with van der Waals surface area (Å²) in [7, 11) is -3.51. The van der Waals surface area contributed by atoms with Crippen molar-refractivity contribution in [1.29, 1.82) is 0 Å². The van der Waals surface area contributed by atoms with Gasteiger partial charge in [-0.2, -0.15) is 0 Å². The van der Waals surface area contributed by atoms with Gasteiger partial charge in [-0.1, -0.05) is 13.8 Å². The van der Waals surface area contributed by atoms with Gasteiger partial charge in [-0.15, -0.1) is 0 Å². The van der Waals surface area contributed by atoms with E-state index in [1.165, 1.54) is 0 Å². The van der Waals surface area contributed by atoms with Crippen LogP contribution in [0.1, 0.15) is 20.3 Å². The van der Waals surface area contributed by atoms with Crippen LogP contribution in [0.5, 0.6) is 0 Å². The van der Waals surface area contributed by atoms with Gasteiger partial charge in [-0.25, -0.2) is 13.6 Å². The van der Waals surface area contributed by atoms with Crippen LogP contribution >= 0.6 is 0 Å². The van der Waals surface area contributed by atoms with Gasteiger partial charge < -0.3 is 10.6 Å². The molecule has 1 atom stereocenters. The molecule has 1 amide bonds. The minimum absolute atomic E-state index is 0.0755. The third kappa shape index (κ3) is 3.65. The highest BCUT2D eigenvalue weighted by Gasteiger charge is 2.43. The van der Waals surface area contributed by atoms with Crippen LogP contribution in [-0.2, 0) is 14.8 Å². The number of nitrogens with two attached hydrogens (primary N) is 1. The zero-order valence-corrected chi connectivity index (χ0v) is 11.1. The topological polar surface area (TPSA) is 101 Å². The second kappa shape index (κ2) is 5.32. The van der Waals surface area contributed by atoms with Gasteiger partial charge in [0, 0.05) is 13.1 Å². The summed E-state index contributed by atoms with van der Waals surface area (Å²) in [5, 5.41) is 10.7. The molecule has 1 saturated heterocycles. The van der Waals surface area contributed by atoms with E-state index in [9.17, 15) is 13.2 Å². The van der Waals surface area contributed by atoms with E-state index in [2.05, 4.69) is 10.6 Å². The Balaban J connectivity index is 2.56. The monoisotopic (exact) mass is 263 g/mol. The summed E-state index contributed by atoms with van der Waals surface area (Å²) in [6.07, 6.45) is 0.784. The quantitative estimate of drug-likeness (QED) is 0.594. The first-order valence-corrected chi connectivity index (χ1v) is 7.49. The van der Waals surface area contributed by atoms with Crippen molar-refractivity contribution < 1.29 is 13.2 Å². The standard InChI is InChI=1S/C10H21N3O3S/c1-8(2)10(3-4-12-7-10)9(14)13-5-6-17(11,15)16/h8,12H,3-7H2,1-2H3,(H,13,14)(H2,11,15,16). The average Bonchev–Trinajstić information content (AvgIpc) is 2.64. The largest absolute Gasteiger partial charge is 0.354 e. The van der Waals surface area contributed by atoms with Gasteiger partial charge in [0.05, 0.1) is 11.2 Å². The fraction of sp³-hybridized carbons (Fsp3) is 0.900. The summed E-state index contributed by atoms with van der Waals surface area (Å²) in [6.45, 7) is 5.55. The van der Waals surface area contributed by atoms with Gasteiger partial charge in [0.2, 0.25) is 15.9 Å². The molecule has 0 bridgehead atoms. The Kier molecular flexibility index (Phi) is 4.51. The molecular formula is C10H21N3O3S. The third-order valence-electron chi connectivity index (χ3n) is 3.42. The number of amides is 1.